The zero-order chi connectivity index (χ0) is 15.5. The van der Waals surface area contributed by atoms with Crippen molar-refractivity contribution in [3.63, 3.8) is 0 Å². The van der Waals surface area contributed by atoms with Crippen LogP contribution in [-0.2, 0) is 0 Å². The molecule has 0 saturated carbocycles. The summed E-state index contributed by atoms with van der Waals surface area (Å²) in [5, 5.41) is 6.04. The van der Waals surface area contributed by atoms with Crippen molar-refractivity contribution in [1.82, 2.24) is 0 Å². The van der Waals surface area contributed by atoms with E-state index in [1.165, 1.54) is 11.8 Å². The lowest BCUT2D eigenvalue weighted by atomic mass is 10.1. The van der Waals surface area contributed by atoms with E-state index >= 15 is 0 Å². The summed E-state index contributed by atoms with van der Waals surface area (Å²) in [6.45, 7) is 0. The zero-order valence-electron chi connectivity index (χ0n) is 12.3. The van der Waals surface area contributed by atoms with Crippen molar-refractivity contribution in [2.45, 2.75) is 0 Å². The lowest BCUT2D eigenvalue weighted by molar-refractivity contribution is 0.102. The van der Waals surface area contributed by atoms with Gasteiger partial charge in [-0.05, 0) is 47.2 Å². The molecule has 0 spiro atoms. The van der Waals surface area contributed by atoms with E-state index in [1.807, 2.05) is 29.6 Å². The molecule has 2 aromatic carbocycles. The third-order valence-corrected chi connectivity index (χ3v) is 4.26. The molecule has 3 aromatic rings. The first-order valence-electron chi connectivity index (χ1n) is 6.72. The van der Waals surface area contributed by atoms with Gasteiger partial charge >= 0.3 is 0 Å². The number of methoxy groups -OCH3 is 2. The van der Waals surface area contributed by atoms with E-state index in [2.05, 4.69) is 5.32 Å². The number of anilines is 1. The number of thiophene rings is 1. The van der Waals surface area contributed by atoms with Crippen LogP contribution < -0.4 is 14.8 Å². The largest absolute Gasteiger partial charge is 0.497 e. The summed E-state index contributed by atoms with van der Waals surface area (Å²) in [4.78, 5) is 12.4. The zero-order valence-corrected chi connectivity index (χ0v) is 13.1. The third kappa shape index (κ3) is 2.76. The van der Waals surface area contributed by atoms with E-state index in [0.29, 0.717) is 17.1 Å². The van der Waals surface area contributed by atoms with Crippen LogP contribution in [0, 0.1) is 0 Å². The predicted octanol–water partition coefficient (Wildman–Crippen LogP) is 4.17. The Bertz CT molecular complexity index is 826. The highest BCUT2D eigenvalue weighted by atomic mass is 32.1. The van der Waals surface area contributed by atoms with E-state index in [1.54, 1.807) is 36.6 Å². The number of benzene rings is 2. The molecule has 1 aromatic heterocycles. The number of carbonyl (C=O) groups excluding carboxylic acids is 1. The molecule has 0 aliphatic heterocycles. The monoisotopic (exact) mass is 313 g/mol. The normalized spacial score (nSPS) is 10.5. The molecule has 0 saturated heterocycles. The van der Waals surface area contributed by atoms with E-state index in [4.69, 9.17) is 9.47 Å². The topological polar surface area (TPSA) is 47.6 Å². The highest BCUT2D eigenvalue weighted by molar-refractivity contribution is 7.17. The number of rotatable bonds is 4. The number of nitrogens with one attached hydrogen (secondary N) is 1. The minimum atomic E-state index is -0.214. The molecule has 0 aliphatic carbocycles. The van der Waals surface area contributed by atoms with Crippen molar-refractivity contribution in [2.75, 3.05) is 19.5 Å². The maximum absolute atomic E-state index is 12.4. The van der Waals surface area contributed by atoms with Gasteiger partial charge in [-0.25, -0.2) is 0 Å². The van der Waals surface area contributed by atoms with Gasteiger partial charge in [0.2, 0.25) is 0 Å². The third-order valence-electron chi connectivity index (χ3n) is 3.36. The predicted molar refractivity (Wildman–Crippen MR) is 89.3 cm³/mol. The van der Waals surface area contributed by atoms with Crippen molar-refractivity contribution in [3.8, 4) is 11.5 Å². The smallest absolute Gasteiger partial charge is 0.259 e. The molecular weight excluding hydrogens is 298 g/mol. The highest BCUT2D eigenvalue weighted by Crippen LogP contribution is 2.27. The first kappa shape index (κ1) is 14.4. The van der Waals surface area contributed by atoms with Crippen LogP contribution >= 0.6 is 11.3 Å². The molecule has 0 unspecified atom stereocenters. The average molecular weight is 313 g/mol. The van der Waals surface area contributed by atoms with Crippen LogP contribution in [0.15, 0.2) is 47.8 Å². The molecular formula is C17H15NO3S. The first-order chi connectivity index (χ1) is 10.7. The van der Waals surface area contributed by atoms with Crippen molar-refractivity contribution < 1.29 is 14.3 Å². The lowest BCUT2D eigenvalue weighted by Crippen LogP contribution is -2.13. The summed E-state index contributed by atoms with van der Waals surface area (Å²) in [6, 6.07) is 13.0. The molecule has 22 heavy (non-hydrogen) atoms. The first-order valence-corrected chi connectivity index (χ1v) is 7.60. The number of amides is 1. The van der Waals surface area contributed by atoms with E-state index < -0.39 is 0 Å². The summed E-state index contributed by atoms with van der Waals surface area (Å²) < 4.78 is 11.6. The van der Waals surface area contributed by atoms with Gasteiger partial charge in [0, 0.05) is 16.5 Å². The minimum absolute atomic E-state index is 0.214. The van der Waals surface area contributed by atoms with Gasteiger partial charge in [-0.2, -0.15) is 0 Å². The molecule has 112 valence electrons. The Morgan fingerprint density at radius 1 is 1.05 bits per heavy atom. The number of fused-ring (bicyclic) bond motifs is 1. The second-order valence-corrected chi connectivity index (χ2v) is 5.64. The second kappa shape index (κ2) is 6.07. The van der Waals surface area contributed by atoms with Gasteiger partial charge in [0.15, 0.2) is 0 Å². The summed E-state index contributed by atoms with van der Waals surface area (Å²) in [6.07, 6.45) is 0. The van der Waals surface area contributed by atoms with Crippen LogP contribution in [0.5, 0.6) is 11.5 Å². The molecule has 1 amide bonds. The molecule has 0 fully saturated rings. The minimum Gasteiger partial charge on any atom is -0.497 e. The molecule has 0 atom stereocenters. The van der Waals surface area contributed by atoms with Gasteiger partial charge in [0.05, 0.1) is 19.8 Å². The van der Waals surface area contributed by atoms with Gasteiger partial charge in [-0.3, -0.25) is 4.79 Å². The van der Waals surface area contributed by atoms with Gasteiger partial charge in [0.1, 0.15) is 11.5 Å². The number of hydrogen-bond acceptors (Lipinski definition) is 4. The van der Waals surface area contributed by atoms with Crippen LogP contribution in [0.1, 0.15) is 10.4 Å². The molecule has 0 bridgehead atoms. The van der Waals surface area contributed by atoms with E-state index in [-0.39, 0.29) is 5.91 Å². The lowest BCUT2D eigenvalue weighted by Gasteiger charge is -2.11. The fraction of sp³-hybridized carbons (Fsp3) is 0.118. The van der Waals surface area contributed by atoms with Crippen LogP contribution in [0.2, 0.25) is 0 Å². The van der Waals surface area contributed by atoms with Crippen molar-refractivity contribution in [3.05, 3.63) is 53.4 Å². The maximum Gasteiger partial charge on any atom is 0.259 e. The fourth-order valence-electron chi connectivity index (χ4n) is 2.23. The van der Waals surface area contributed by atoms with E-state index in [9.17, 15) is 4.79 Å². The van der Waals surface area contributed by atoms with Crippen LogP contribution in [0.4, 0.5) is 5.69 Å². The molecule has 0 radical (unpaired) electrons. The summed E-state index contributed by atoms with van der Waals surface area (Å²) in [5.74, 6) is 0.913. The SMILES string of the molecule is COc1ccc(C(=O)Nc2ccc3sccc3c2)c(OC)c1. The standard InChI is InChI=1S/C17H15NO3S/c1-20-13-4-5-14(15(10-13)21-2)17(19)18-12-3-6-16-11(9-12)7-8-22-16/h3-10H,1-2H3,(H,18,19). The van der Waals surface area contributed by atoms with Crippen molar-refractivity contribution >= 4 is 33.0 Å². The van der Waals surface area contributed by atoms with Crippen molar-refractivity contribution in [2.24, 2.45) is 0 Å². The molecule has 1 N–H and O–H groups in total. The Morgan fingerprint density at radius 2 is 1.91 bits per heavy atom. The summed E-state index contributed by atoms with van der Waals surface area (Å²) in [7, 11) is 3.10. The Kier molecular flexibility index (Phi) is 3.98. The van der Waals surface area contributed by atoms with Gasteiger partial charge in [0.25, 0.3) is 5.91 Å². The average Bonchev–Trinajstić information content (AvgIpc) is 3.01. The Balaban J connectivity index is 1.87. The quantitative estimate of drug-likeness (QED) is 0.786. The van der Waals surface area contributed by atoms with Crippen molar-refractivity contribution in [1.29, 1.82) is 0 Å². The number of carbonyl (C=O) groups is 1. The van der Waals surface area contributed by atoms with E-state index in [0.717, 1.165) is 11.1 Å². The summed E-state index contributed by atoms with van der Waals surface area (Å²) >= 11 is 1.67. The van der Waals surface area contributed by atoms with Gasteiger partial charge < -0.3 is 14.8 Å². The molecule has 0 aliphatic rings. The van der Waals surface area contributed by atoms with Crippen LogP contribution in [0.3, 0.4) is 0 Å². The Hall–Kier alpha value is -2.53. The maximum atomic E-state index is 12.4. The molecule has 5 heteroatoms. The number of ether oxygens (including phenoxy) is 2. The van der Waals surface area contributed by atoms with Gasteiger partial charge in [-0.1, -0.05) is 0 Å². The van der Waals surface area contributed by atoms with Gasteiger partial charge in [-0.15, -0.1) is 11.3 Å². The molecule has 3 rings (SSSR count). The number of hydrogen-bond donors (Lipinski definition) is 1. The fourth-order valence-corrected chi connectivity index (χ4v) is 3.00. The van der Waals surface area contributed by atoms with Crippen LogP contribution in [-0.4, -0.2) is 20.1 Å². The highest BCUT2D eigenvalue weighted by Gasteiger charge is 2.13. The van der Waals surface area contributed by atoms with Crippen LogP contribution in [0.25, 0.3) is 10.1 Å². The Morgan fingerprint density at radius 3 is 2.68 bits per heavy atom. The Labute approximate surface area is 132 Å². The molecule has 1 heterocycles. The second-order valence-electron chi connectivity index (χ2n) is 4.69. The summed E-state index contributed by atoms with van der Waals surface area (Å²) in [5.41, 5.74) is 1.22. The molecule has 4 nitrogen and oxygen atoms in total.